The Labute approximate surface area is 142 Å². The highest BCUT2D eigenvalue weighted by Gasteiger charge is 2.23. The van der Waals surface area contributed by atoms with E-state index in [0.717, 1.165) is 17.6 Å². The minimum absolute atomic E-state index is 0.0160. The van der Waals surface area contributed by atoms with Crippen molar-refractivity contribution in [1.82, 2.24) is 9.55 Å². The van der Waals surface area contributed by atoms with E-state index in [1.54, 1.807) is 10.6 Å². The number of hydrogen-bond acceptors (Lipinski definition) is 3. The normalized spacial score (nSPS) is 13.6. The van der Waals surface area contributed by atoms with Crippen molar-refractivity contribution in [3.05, 3.63) is 68.4 Å². The van der Waals surface area contributed by atoms with Crippen molar-refractivity contribution >= 4 is 40.1 Å². The molecule has 0 bridgehead atoms. The third-order valence-corrected chi connectivity index (χ3v) is 4.81. The van der Waals surface area contributed by atoms with Gasteiger partial charge in [0.15, 0.2) is 0 Å². The number of hydrogen-bond donors (Lipinski definition) is 0. The van der Waals surface area contributed by atoms with E-state index in [-0.39, 0.29) is 5.56 Å². The van der Waals surface area contributed by atoms with Crippen molar-refractivity contribution in [2.75, 3.05) is 11.4 Å². The number of nitrogens with zero attached hydrogens (tertiary/aromatic N) is 3. The molecule has 116 valence electrons. The van der Waals surface area contributed by atoms with E-state index >= 15 is 0 Å². The molecular weight excluding hydrogens is 333 g/mol. The van der Waals surface area contributed by atoms with E-state index in [0.29, 0.717) is 34.5 Å². The predicted molar refractivity (Wildman–Crippen MR) is 93.5 cm³/mol. The number of aromatic nitrogens is 2. The van der Waals surface area contributed by atoms with Crippen LogP contribution in [0, 0.1) is 0 Å². The summed E-state index contributed by atoms with van der Waals surface area (Å²) >= 11 is 12.0. The Kier molecular flexibility index (Phi) is 3.51. The lowest BCUT2D eigenvalue weighted by molar-refractivity contribution is 0.753. The van der Waals surface area contributed by atoms with E-state index in [2.05, 4.69) is 9.88 Å². The van der Waals surface area contributed by atoms with Crippen LogP contribution in [0.5, 0.6) is 0 Å². The molecule has 6 heteroatoms. The number of halogens is 2. The van der Waals surface area contributed by atoms with Crippen LogP contribution in [0.25, 0.3) is 10.9 Å². The van der Waals surface area contributed by atoms with Crippen LogP contribution in [0.3, 0.4) is 0 Å². The summed E-state index contributed by atoms with van der Waals surface area (Å²) in [5.74, 6) is 0.708. The zero-order valence-corrected chi connectivity index (χ0v) is 13.7. The van der Waals surface area contributed by atoms with Gasteiger partial charge in [0, 0.05) is 19.6 Å². The van der Waals surface area contributed by atoms with Gasteiger partial charge in [-0.1, -0.05) is 41.4 Å². The summed E-state index contributed by atoms with van der Waals surface area (Å²) in [7, 11) is 0. The molecule has 3 aromatic rings. The summed E-state index contributed by atoms with van der Waals surface area (Å²) in [5, 5.41) is 1.73. The molecule has 0 radical (unpaired) electrons. The minimum atomic E-state index is 0.0160. The first kappa shape index (κ1) is 14.5. The van der Waals surface area contributed by atoms with Crippen LogP contribution in [-0.2, 0) is 13.1 Å². The molecule has 1 aromatic heterocycles. The Morgan fingerprint density at radius 3 is 2.70 bits per heavy atom. The lowest BCUT2D eigenvalue weighted by Crippen LogP contribution is -2.22. The number of fused-ring (bicyclic) bond motifs is 2. The van der Waals surface area contributed by atoms with Crippen LogP contribution >= 0.6 is 23.2 Å². The Morgan fingerprint density at radius 1 is 1.04 bits per heavy atom. The molecule has 0 fully saturated rings. The molecule has 0 aliphatic carbocycles. The van der Waals surface area contributed by atoms with Gasteiger partial charge in [0.05, 0.1) is 20.9 Å². The highest BCUT2D eigenvalue weighted by molar-refractivity contribution is 6.42. The fraction of sp³-hybridized carbons (Fsp3) is 0.176. The molecule has 0 atom stereocenters. The second-order valence-corrected chi connectivity index (χ2v) is 6.37. The van der Waals surface area contributed by atoms with Crippen molar-refractivity contribution in [3.8, 4) is 0 Å². The summed E-state index contributed by atoms with van der Waals surface area (Å²) in [6.07, 6.45) is 0. The van der Waals surface area contributed by atoms with Crippen LogP contribution in [0.2, 0.25) is 10.0 Å². The molecule has 0 amide bonds. The zero-order valence-electron chi connectivity index (χ0n) is 12.2. The molecule has 0 N–H and O–H groups in total. The number of para-hydroxylation sites is 1. The summed E-state index contributed by atoms with van der Waals surface area (Å²) < 4.78 is 1.74. The minimum Gasteiger partial charge on any atom is -0.336 e. The Bertz CT molecular complexity index is 968. The molecule has 1 aliphatic rings. The van der Waals surface area contributed by atoms with Gasteiger partial charge in [-0.25, -0.2) is 4.98 Å². The monoisotopic (exact) mass is 345 g/mol. The summed E-state index contributed by atoms with van der Waals surface area (Å²) in [5.41, 5.74) is 1.78. The topological polar surface area (TPSA) is 38.1 Å². The van der Waals surface area contributed by atoms with Gasteiger partial charge in [0.1, 0.15) is 0 Å². The first-order chi connectivity index (χ1) is 11.1. The lowest BCUT2D eigenvalue weighted by atomic mass is 10.2. The molecule has 4 rings (SSSR count). The number of anilines is 1. The van der Waals surface area contributed by atoms with Crippen LogP contribution < -0.4 is 10.5 Å². The van der Waals surface area contributed by atoms with E-state index in [1.807, 2.05) is 36.4 Å². The maximum absolute atomic E-state index is 12.6. The van der Waals surface area contributed by atoms with Gasteiger partial charge in [-0.2, -0.15) is 0 Å². The molecule has 0 saturated heterocycles. The van der Waals surface area contributed by atoms with E-state index in [4.69, 9.17) is 23.2 Å². The maximum Gasteiger partial charge on any atom is 0.262 e. The van der Waals surface area contributed by atoms with E-state index in [9.17, 15) is 4.79 Å². The van der Waals surface area contributed by atoms with Gasteiger partial charge in [-0.15, -0.1) is 0 Å². The van der Waals surface area contributed by atoms with Gasteiger partial charge in [-0.05, 0) is 29.8 Å². The van der Waals surface area contributed by atoms with E-state index < -0.39 is 0 Å². The van der Waals surface area contributed by atoms with Crippen molar-refractivity contribution in [3.63, 3.8) is 0 Å². The Morgan fingerprint density at radius 2 is 1.87 bits per heavy atom. The third kappa shape index (κ3) is 2.48. The van der Waals surface area contributed by atoms with Gasteiger partial charge in [-0.3, -0.25) is 9.36 Å². The van der Waals surface area contributed by atoms with Crippen molar-refractivity contribution in [2.45, 2.75) is 13.1 Å². The van der Waals surface area contributed by atoms with Crippen molar-refractivity contribution in [2.24, 2.45) is 0 Å². The maximum atomic E-state index is 12.6. The highest BCUT2D eigenvalue weighted by Crippen LogP contribution is 2.26. The van der Waals surface area contributed by atoms with Gasteiger partial charge < -0.3 is 4.90 Å². The molecule has 2 heterocycles. The summed E-state index contributed by atoms with van der Waals surface area (Å²) in [6, 6.07) is 13.0. The Hall–Kier alpha value is -2.04. The predicted octanol–water partition coefficient (Wildman–Crippen LogP) is 3.72. The fourth-order valence-electron chi connectivity index (χ4n) is 2.93. The van der Waals surface area contributed by atoms with Gasteiger partial charge >= 0.3 is 0 Å². The lowest BCUT2D eigenvalue weighted by Gasteiger charge is -2.18. The molecule has 1 aliphatic heterocycles. The first-order valence-corrected chi connectivity index (χ1v) is 8.07. The van der Waals surface area contributed by atoms with Crippen molar-refractivity contribution in [1.29, 1.82) is 0 Å². The highest BCUT2D eigenvalue weighted by atomic mass is 35.5. The average Bonchev–Trinajstić information content (AvgIpc) is 2.94. The number of rotatable bonds is 2. The first-order valence-electron chi connectivity index (χ1n) is 7.32. The number of benzene rings is 2. The largest absolute Gasteiger partial charge is 0.336 e. The van der Waals surface area contributed by atoms with Crippen LogP contribution in [0.4, 0.5) is 5.95 Å². The van der Waals surface area contributed by atoms with Crippen LogP contribution in [-0.4, -0.2) is 16.1 Å². The molecule has 0 saturated carbocycles. The quantitative estimate of drug-likeness (QED) is 0.710. The molecule has 4 nitrogen and oxygen atoms in total. The molecule has 2 aromatic carbocycles. The second-order valence-electron chi connectivity index (χ2n) is 5.56. The summed E-state index contributed by atoms with van der Waals surface area (Å²) in [4.78, 5) is 19.3. The average molecular weight is 346 g/mol. The van der Waals surface area contributed by atoms with Crippen LogP contribution in [0.1, 0.15) is 5.56 Å². The standard InChI is InChI=1S/C17H13Cl2N3O/c18-13-6-5-11(9-14(13)19)10-21-7-8-22-16(23)12-3-1-2-4-15(12)20-17(21)22/h1-6,9H,7-8,10H2. The van der Waals surface area contributed by atoms with Gasteiger partial charge in [0.2, 0.25) is 5.95 Å². The fourth-order valence-corrected chi connectivity index (χ4v) is 3.25. The Balaban J connectivity index is 1.75. The van der Waals surface area contributed by atoms with Crippen LogP contribution in [0.15, 0.2) is 47.3 Å². The third-order valence-electron chi connectivity index (χ3n) is 4.08. The summed E-state index contributed by atoms with van der Waals surface area (Å²) in [6.45, 7) is 2.04. The molecule has 23 heavy (non-hydrogen) atoms. The van der Waals surface area contributed by atoms with Crippen molar-refractivity contribution < 1.29 is 0 Å². The molecular formula is C17H13Cl2N3O. The molecule has 0 spiro atoms. The smallest absolute Gasteiger partial charge is 0.262 e. The SMILES string of the molecule is O=c1c2ccccc2nc2n1CCN2Cc1ccc(Cl)c(Cl)c1. The van der Waals surface area contributed by atoms with Gasteiger partial charge in [0.25, 0.3) is 5.56 Å². The van der Waals surface area contributed by atoms with E-state index in [1.165, 1.54) is 0 Å². The zero-order chi connectivity index (χ0) is 16.0. The second kappa shape index (κ2) is 5.55. The molecule has 0 unspecified atom stereocenters.